The molecule has 7 nitrogen and oxygen atoms in total. The van der Waals surface area contributed by atoms with Crippen LogP contribution < -0.4 is 10.9 Å². The zero-order chi connectivity index (χ0) is 23.6. The maximum Gasteiger partial charge on any atom is 0.416 e. The van der Waals surface area contributed by atoms with E-state index in [-0.39, 0.29) is 11.6 Å². The molecule has 4 rings (SSSR count). The Morgan fingerprint density at radius 2 is 1.79 bits per heavy atom. The van der Waals surface area contributed by atoms with Crippen LogP contribution in [-0.2, 0) is 17.5 Å². The first-order valence-corrected chi connectivity index (χ1v) is 9.84. The highest BCUT2D eigenvalue weighted by Gasteiger charge is 2.30. The first-order chi connectivity index (χ1) is 15.7. The Labute approximate surface area is 189 Å². The Morgan fingerprint density at radius 3 is 2.52 bits per heavy atom. The van der Waals surface area contributed by atoms with Crippen LogP contribution in [0.15, 0.2) is 76.2 Å². The number of pyridine rings is 1. The van der Waals surface area contributed by atoms with E-state index in [4.69, 9.17) is 16.1 Å². The van der Waals surface area contributed by atoms with Crippen LogP contribution >= 0.6 is 11.6 Å². The van der Waals surface area contributed by atoms with Gasteiger partial charge in [-0.15, -0.1) is 0 Å². The lowest BCUT2D eigenvalue weighted by molar-refractivity contribution is -0.137. The number of anilines is 1. The standard InChI is InChI=1S/C22H14ClF3N4O3/c23-16-7-4-13(5-8-16)20-28-21(33-29-20)14-6-9-19(32)30(11-14)12-18(31)27-17-3-1-2-15(10-17)22(24,25)26/h1-11H,12H2,(H,27,31). The van der Waals surface area contributed by atoms with E-state index in [9.17, 15) is 22.8 Å². The monoisotopic (exact) mass is 474 g/mol. The fraction of sp³-hybridized carbons (Fsp3) is 0.0909. The van der Waals surface area contributed by atoms with Crippen LogP contribution in [-0.4, -0.2) is 20.6 Å². The summed E-state index contributed by atoms with van der Waals surface area (Å²) in [5, 5.41) is 6.81. The fourth-order valence-corrected chi connectivity index (χ4v) is 3.09. The number of nitrogens with zero attached hydrogens (tertiary/aromatic N) is 3. The van der Waals surface area contributed by atoms with Crippen LogP contribution in [0.2, 0.25) is 5.02 Å². The average molecular weight is 475 g/mol. The smallest absolute Gasteiger partial charge is 0.334 e. The number of rotatable bonds is 5. The molecule has 0 saturated carbocycles. The van der Waals surface area contributed by atoms with Crippen molar-refractivity contribution >= 4 is 23.2 Å². The highest BCUT2D eigenvalue weighted by Crippen LogP contribution is 2.30. The van der Waals surface area contributed by atoms with Gasteiger partial charge < -0.3 is 14.4 Å². The van der Waals surface area contributed by atoms with Crippen LogP contribution in [0.5, 0.6) is 0 Å². The molecule has 0 bridgehead atoms. The molecule has 0 fully saturated rings. The number of carbonyl (C=O) groups excluding carboxylic acids is 1. The molecule has 0 aliphatic heterocycles. The van der Waals surface area contributed by atoms with Crippen LogP contribution in [0.1, 0.15) is 5.56 Å². The van der Waals surface area contributed by atoms with Gasteiger partial charge in [-0.1, -0.05) is 22.8 Å². The van der Waals surface area contributed by atoms with Gasteiger partial charge in [-0.2, -0.15) is 18.2 Å². The summed E-state index contributed by atoms with van der Waals surface area (Å²) in [5.41, 5.74) is -0.372. The van der Waals surface area contributed by atoms with Crippen molar-refractivity contribution in [3.05, 3.63) is 87.8 Å². The molecule has 1 N–H and O–H groups in total. The minimum absolute atomic E-state index is 0.0384. The average Bonchev–Trinajstić information content (AvgIpc) is 3.25. The zero-order valence-corrected chi connectivity index (χ0v) is 17.4. The normalized spacial score (nSPS) is 11.4. The molecular formula is C22H14ClF3N4O3. The topological polar surface area (TPSA) is 90.0 Å². The highest BCUT2D eigenvalue weighted by atomic mass is 35.5. The van der Waals surface area contributed by atoms with Crippen molar-refractivity contribution in [2.24, 2.45) is 0 Å². The molecule has 0 radical (unpaired) electrons. The second-order valence-electron chi connectivity index (χ2n) is 6.94. The van der Waals surface area contributed by atoms with Crippen molar-refractivity contribution in [1.29, 1.82) is 0 Å². The summed E-state index contributed by atoms with van der Waals surface area (Å²) in [4.78, 5) is 28.8. The number of aromatic nitrogens is 3. The number of amides is 1. The molecule has 0 saturated heterocycles. The first-order valence-electron chi connectivity index (χ1n) is 9.47. The molecule has 33 heavy (non-hydrogen) atoms. The van der Waals surface area contributed by atoms with Crippen LogP contribution in [0.4, 0.5) is 18.9 Å². The summed E-state index contributed by atoms with van der Waals surface area (Å²) in [6.07, 6.45) is -3.19. The van der Waals surface area contributed by atoms with E-state index in [2.05, 4.69) is 15.5 Å². The largest absolute Gasteiger partial charge is 0.416 e. The molecule has 168 valence electrons. The Kier molecular flexibility index (Phi) is 6.01. The molecule has 2 aromatic carbocycles. The van der Waals surface area contributed by atoms with E-state index in [1.54, 1.807) is 24.3 Å². The van der Waals surface area contributed by atoms with Gasteiger partial charge in [0.2, 0.25) is 11.7 Å². The van der Waals surface area contributed by atoms with Gasteiger partial charge in [0.05, 0.1) is 11.1 Å². The van der Waals surface area contributed by atoms with Crippen molar-refractivity contribution in [2.75, 3.05) is 5.32 Å². The van der Waals surface area contributed by atoms with Crippen LogP contribution in [0.3, 0.4) is 0 Å². The molecule has 1 amide bonds. The summed E-state index contributed by atoms with van der Waals surface area (Å²) < 4.78 is 44.9. The molecule has 0 atom stereocenters. The second kappa shape index (κ2) is 8.91. The third-order valence-corrected chi connectivity index (χ3v) is 4.80. The predicted molar refractivity (Wildman–Crippen MR) is 115 cm³/mol. The predicted octanol–water partition coefficient (Wildman–Crippen LogP) is 4.88. The van der Waals surface area contributed by atoms with Gasteiger partial charge in [0, 0.05) is 28.5 Å². The molecule has 2 heterocycles. The molecule has 4 aromatic rings. The van der Waals surface area contributed by atoms with Crippen molar-refractivity contribution in [1.82, 2.24) is 14.7 Å². The van der Waals surface area contributed by atoms with E-state index in [1.165, 1.54) is 30.5 Å². The molecule has 11 heteroatoms. The maximum absolute atomic E-state index is 12.9. The van der Waals surface area contributed by atoms with Crippen molar-refractivity contribution in [3.63, 3.8) is 0 Å². The lowest BCUT2D eigenvalue weighted by Gasteiger charge is -2.11. The number of nitrogens with one attached hydrogen (secondary N) is 1. The zero-order valence-electron chi connectivity index (χ0n) is 16.6. The Balaban J connectivity index is 1.52. The quantitative estimate of drug-likeness (QED) is 0.445. The minimum Gasteiger partial charge on any atom is -0.334 e. The Morgan fingerprint density at radius 1 is 1.06 bits per heavy atom. The summed E-state index contributed by atoms with van der Waals surface area (Å²) in [5.74, 6) is -0.255. The summed E-state index contributed by atoms with van der Waals surface area (Å²) in [7, 11) is 0. The third-order valence-electron chi connectivity index (χ3n) is 4.55. The van der Waals surface area contributed by atoms with Gasteiger partial charge >= 0.3 is 6.18 Å². The van der Waals surface area contributed by atoms with E-state index in [0.29, 0.717) is 22.0 Å². The van der Waals surface area contributed by atoms with Gasteiger partial charge in [-0.05, 0) is 48.5 Å². The summed E-state index contributed by atoms with van der Waals surface area (Å²) in [6.45, 7) is -0.429. The van der Waals surface area contributed by atoms with Gasteiger partial charge in [-0.3, -0.25) is 9.59 Å². The van der Waals surface area contributed by atoms with Crippen molar-refractivity contribution in [2.45, 2.75) is 12.7 Å². The van der Waals surface area contributed by atoms with Crippen molar-refractivity contribution < 1.29 is 22.5 Å². The number of hydrogen-bond acceptors (Lipinski definition) is 5. The first kappa shape index (κ1) is 22.3. The molecular weight excluding hydrogens is 461 g/mol. The van der Waals surface area contributed by atoms with Gasteiger partial charge in [0.15, 0.2) is 0 Å². The van der Waals surface area contributed by atoms with Gasteiger partial charge in [0.25, 0.3) is 11.4 Å². The number of alkyl halides is 3. The Hall–Kier alpha value is -3.92. The Bertz CT molecular complexity index is 1360. The molecule has 0 spiro atoms. The SMILES string of the molecule is O=C(Cn1cc(-c2nc(-c3ccc(Cl)cc3)no2)ccc1=O)Nc1cccc(C(F)(F)F)c1. The van der Waals surface area contributed by atoms with E-state index >= 15 is 0 Å². The lowest BCUT2D eigenvalue weighted by atomic mass is 10.2. The molecule has 0 aliphatic rings. The van der Waals surface area contributed by atoms with Gasteiger partial charge in [-0.25, -0.2) is 0 Å². The van der Waals surface area contributed by atoms with Crippen molar-refractivity contribution in [3.8, 4) is 22.8 Å². The summed E-state index contributed by atoms with van der Waals surface area (Å²) >= 11 is 5.87. The third kappa shape index (κ3) is 5.29. The lowest BCUT2D eigenvalue weighted by Crippen LogP contribution is -2.27. The number of benzene rings is 2. The molecule has 2 aromatic heterocycles. The van der Waals surface area contributed by atoms with Crippen LogP contribution in [0.25, 0.3) is 22.8 Å². The second-order valence-corrected chi connectivity index (χ2v) is 7.38. The number of halogens is 4. The minimum atomic E-state index is -4.54. The maximum atomic E-state index is 12.9. The van der Waals surface area contributed by atoms with Crippen LogP contribution in [0, 0.1) is 0 Å². The summed E-state index contributed by atoms with van der Waals surface area (Å²) in [6, 6.07) is 13.7. The number of carbonyl (C=O) groups is 1. The van der Waals surface area contributed by atoms with E-state index in [0.717, 1.165) is 16.7 Å². The number of hydrogen-bond donors (Lipinski definition) is 1. The van der Waals surface area contributed by atoms with E-state index in [1.807, 2.05) is 0 Å². The highest BCUT2D eigenvalue weighted by molar-refractivity contribution is 6.30. The molecule has 0 unspecified atom stereocenters. The fourth-order valence-electron chi connectivity index (χ4n) is 2.97. The van der Waals surface area contributed by atoms with E-state index < -0.39 is 29.8 Å². The molecule has 0 aliphatic carbocycles. The van der Waals surface area contributed by atoms with Gasteiger partial charge in [0.1, 0.15) is 6.54 Å².